The zero-order valence-electron chi connectivity index (χ0n) is 36.6. The van der Waals surface area contributed by atoms with Crippen molar-refractivity contribution < 1.29 is 80.5 Å². The highest BCUT2D eigenvalue weighted by molar-refractivity contribution is 8.13. The van der Waals surface area contributed by atoms with Crippen LogP contribution in [0.25, 0.3) is 11.2 Å². The van der Waals surface area contributed by atoms with Gasteiger partial charge in [0, 0.05) is 37.1 Å². The van der Waals surface area contributed by atoms with E-state index in [0.29, 0.717) is 12.2 Å². The van der Waals surface area contributed by atoms with Gasteiger partial charge in [0.25, 0.3) is 23.5 Å². The molecule has 1 aliphatic rings. The highest BCUT2D eigenvalue weighted by Crippen LogP contribution is 2.56. The summed E-state index contributed by atoms with van der Waals surface area (Å²) in [5.41, 5.74) is 4.13. The van der Waals surface area contributed by atoms with Crippen LogP contribution >= 0.6 is 35.2 Å². The number of carbonyl (C=O) groups is 3. The number of aliphatic hydroxyl groups is 2. The fourth-order valence-corrected chi connectivity index (χ4v) is 9.80. The van der Waals surface area contributed by atoms with Gasteiger partial charge in [0.2, 0.25) is 11.8 Å². The highest BCUT2D eigenvalue weighted by Gasteiger charge is 2.48. The van der Waals surface area contributed by atoms with Gasteiger partial charge in [-0.15, -0.1) is 0 Å². The van der Waals surface area contributed by atoms with Crippen LogP contribution in [-0.2, 0) is 50.7 Å². The molecule has 0 aromatic carbocycles. The third-order valence-electron chi connectivity index (χ3n) is 9.89. The number of fused-ring (bicyclic) bond motifs is 1. The first-order valence-electron chi connectivity index (χ1n) is 21.2. The van der Waals surface area contributed by atoms with E-state index in [1.54, 1.807) is 0 Å². The summed E-state index contributed by atoms with van der Waals surface area (Å²) >= 11 is 1.14. The molecule has 24 nitrogen and oxygen atoms in total. The van der Waals surface area contributed by atoms with E-state index in [-0.39, 0.29) is 41.6 Å². The fourth-order valence-electron chi connectivity index (χ4n) is 6.34. The molecule has 0 radical (unpaired) electrons. The molecular formula is C37H61N7O17P3S-3. The van der Waals surface area contributed by atoms with Gasteiger partial charge in [-0.3, -0.25) is 32.6 Å². The lowest BCUT2D eigenvalue weighted by atomic mass is 9.87. The number of phosphoric acid groups is 3. The van der Waals surface area contributed by atoms with Crippen LogP contribution in [0.15, 0.2) is 24.8 Å². The predicted molar refractivity (Wildman–Crippen MR) is 231 cm³/mol. The summed E-state index contributed by atoms with van der Waals surface area (Å²) < 4.78 is 61.1. The molecular weight excluding hydrogens is 939 g/mol. The quantitative estimate of drug-likeness (QED) is 0.0347. The van der Waals surface area contributed by atoms with Crippen LogP contribution in [0.3, 0.4) is 0 Å². The Morgan fingerprint density at radius 2 is 1.60 bits per heavy atom. The average Bonchev–Trinajstić information content (AvgIpc) is 3.79. The second-order valence-corrected chi connectivity index (χ2v) is 21.1. The van der Waals surface area contributed by atoms with E-state index < -0.39 is 84.6 Å². The van der Waals surface area contributed by atoms with E-state index in [1.807, 2.05) is 0 Å². The van der Waals surface area contributed by atoms with Gasteiger partial charge in [-0.1, -0.05) is 83.2 Å². The summed E-state index contributed by atoms with van der Waals surface area (Å²) in [5, 5.41) is 26.5. The second kappa shape index (κ2) is 27.3. The molecule has 2 amide bonds. The van der Waals surface area contributed by atoms with Crippen molar-refractivity contribution >= 4 is 69.1 Å². The first-order chi connectivity index (χ1) is 30.6. The Hall–Kier alpha value is -2.70. The molecule has 1 saturated heterocycles. The van der Waals surface area contributed by atoms with Crippen molar-refractivity contribution in [3.8, 4) is 0 Å². The largest absolute Gasteiger partial charge is 0.756 e. The number of anilines is 1. The number of nitrogens with one attached hydrogen (secondary N) is 2. The normalized spacial score (nSPS) is 21.2. The van der Waals surface area contributed by atoms with Gasteiger partial charge in [-0.25, -0.2) is 19.3 Å². The molecule has 0 saturated carbocycles. The lowest BCUT2D eigenvalue weighted by Gasteiger charge is -2.35. The monoisotopic (exact) mass is 1000 g/mol. The van der Waals surface area contributed by atoms with Crippen molar-refractivity contribution in [1.82, 2.24) is 30.2 Å². The Morgan fingerprint density at radius 3 is 2.28 bits per heavy atom. The lowest BCUT2D eigenvalue weighted by Crippen LogP contribution is -2.46. The molecule has 370 valence electrons. The number of hydrogen-bond donors (Lipinski definition) is 6. The van der Waals surface area contributed by atoms with Crippen molar-refractivity contribution in [3.05, 3.63) is 24.8 Å². The lowest BCUT2D eigenvalue weighted by molar-refractivity contribution is -0.247. The smallest absolute Gasteiger partial charge is 0.274 e. The van der Waals surface area contributed by atoms with Crippen LogP contribution in [0.5, 0.6) is 0 Å². The predicted octanol–water partition coefficient (Wildman–Crippen LogP) is 2.03. The van der Waals surface area contributed by atoms with E-state index >= 15 is 0 Å². The van der Waals surface area contributed by atoms with Crippen molar-refractivity contribution in [3.63, 3.8) is 0 Å². The molecule has 28 heteroatoms. The molecule has 3 heterocycles. The number of hydrogen-bond acceptors (Lipinski definition) is 21. The zero-order chi connectivity index (χ0) is 48.3. The number of phosphoric ester groups is 3. The van der Waals surface area contributed by atoms with Crippen LogP contribution in [0.1, 0.15) is 110 Å². The molecule has 0 bridgehead atoms. The summed E-state index contributed by atoms with van der Waals surface area (Å²) in [6, 6.07) is 0. The van der Waals surface area contributed by atoms with E-state index in [4.69, 9.17) is 10.5 Å². The zero-order valence-corrected chi connectivity index (χ0v) is 40.1. The molecule has 1 fully saturated rings. The average molecular weight is 1000 g/mol. The van der Waals surface area contributed by atoms with Crippen LogP contribution in [0.4, 0.5) is 5.82 Å². The van der Waals surface area contributed by atoms with Gasteiger partial charge in [-0.2, -0.15) is 0 Å². The van der Waals surface area contributed by atoms with Crippen LogP contribution in [-0.4, -0.2) is 108 Å². The van der Waals surface area contributed by atoms with Gasteiger partial charge in [0.1, 0.15) is 36.3 Å². The molecule has 7 N–H and O–H groups in total. The van der Waals surface area contributed by atoms with Gasteiger partial charge >= 0.3 is 0 Å². The van der Waals surface area contributed by atoms with E-state index in [2.05, 4.69) is 62.5 Å². The molecule has 8 atom stereocenters. The van der Waals surface area contributed by atoms with Gasteiger partial charge in [0.15, 0.2) is 22.8 Å². The number of amides is 2. The van der Waals surface area contributed by atoms with Crippen molar-refractivity contribution in [1.29, 1.82) is 0 Å². The topological polar surface area (TPSA) is 372 Å². The van der Waals surface area contributed by atoms with E-state index in [9.17, 15) is 57.9 Å². The minimum absolute atomic E-state index is 0.00341. The molecule has 3 rings (SSSR count). The van der Waals surface area contributed by atoms with Crippen molar-refractivity contribution in [2.24, 2.45) is 5.41 Å². The number of imidazole rings is 1. The number of rotatable bonds is 32. The third-order valence-corrected chi connectivity index (χ3v) is 13.8. The number of nitrogens with zero attached hydrogens (tertiary/aromatic N) is 4. The number of allylic oxidation sites excluding steroid dienone is 2. The minimum atomic E-state index is -5.90. The Balaban J connectivity index is 1.33. The summed E-state index contributed by atoms with van der Waals surface area (Å²) in [7, 11) is -17.3. The number of nitrogens with two attached hydrogens (primary N) is 1. The van der Waals surface area contributed by atoms with Crippen LogP contribution in [0.2, 0.25) is 0 Å². The number of ether oxygens (including phenoxy) is 1. The maximum Gasteiger partial charge on any atom is 0.274 e. The number of carbonyl (C=O) groups excluding carboxylic acids is 3. The highest BCUT2D eigenvalue weighted by atomic mass is 32.2. The molecule has 3 unspecified atom stereocenters. The first-order valence-corrected chi connectivity index (χ1v) is 26.6. The third kappa shape index (κ3) is 20.6. The number of nitrogen functional groups attached to an aromatic ring is 1. The standard InChI is InChI=1S/C37H64N7O17P3S/c1-4-5-6-7-8-9-10-11-12-13-14-15-16-17-28(46)65-21-20-39-27(45)18-19-40-35(49)32(48)37(2,3)23-58-64(55,56)61-63(53,54)57-22-26-31(60-62(50,51)52)30(47)36(59-26)44-25-43-29-33(38)41-24-42-34(29)44/h9-10,24-26,30-32,36,47-48H,4-8,11-23H2,1-3H3,(H,39,45)(H,40,49)(H,53,54)(H,55,56)(H2,38,41,42)(H2,50,51,52)/p-3/b10-9-/t26-,30-,31-,32+,36-/m1/s1. The molecule has 0 spiro atoms. The first kappa shape index (κ1) is 56.6. The minimum Gasteiger partial charge on any atom is -0.756 e. The summed E-state index contributed by atoms with van der Waals surface area (Å²) in [6.07, 6.45) is 10.1. The maximum absolute atomic E-state index is 12.6. The van der Waals surface area contributed by atoms with Gasteiger partial charge in [-0.05, 0) is 32.1 Å². The summed E-state index contributed by atoms with van der Waals surface area (Å²) in [6.45, 7) is 2.42. The summed E-state index contributed by atoms with van der Waals surface area (Å²) in [4.78, 5) is 94.7. The summed E-state index contributed by atoms with van der Waals surface area (Å²) in [5.74, 6) is -1.12. The molecule has 2 aromatic heterocycles. The SMILES string of the molecule is CCCCCC/C=C\CCCCCCCC(=O)SCCNC(=O)CCNC(=O)[C@H](O)C(C)(C)COP(=O)([O-])OP(=O)([O-])OC[C@H]1O[C@@H](n2cnc3c(N)ncnc32)[C@H](O)[C@@H]1OP(=O)([O-])O. The second-order valence-electron chi connectivity index (χ2n) is 15.9. The number of thioether (sulfide) groups is 1. The Labute approximate surface area is 381 Å². The van der Waals surface area contributed by atoms with Crippen molar-refractivity contribution in [2.45, 2.75) is 135 Å². The molecule has 65 heavy (non-hydrogen) atoms. The fraction of sp³-hybridized carbons (Fsp3) is 0.730. The molecule has 1 aliphatic heterocycles. The van der Waals surface area contributed by atoms with E-state index in [1.165, 1.54) is 39.5 Å². The molecule has 2 aromatic rings. The van der Waals surface area contributed by atoms with Crippen LogP contribution < -0.4 is 31.0 Å². The van der Waals surface area contributed by atoms with Gasteiger partial charge < -0.3 is 64.5 Å². The van der Waals surface area contributed by atoms with Crippen molar-refractivity contribution in [2.75, 3.05) is 37.8 Å². The van der Waals surface area contributed by atoms with E-state index in [0.717, 1.165) is 73.9 Å². The Morgan fingerprint density at radius 1 is 0.954 bits per heavy atom. The van der Waals surface area contributed by atoms with Gasteiger partial charge in [0.05, 0.1) is 19.5 Å². The Kier molecular flexibility index (Phi) is 23.8. The maximum atomic E-state index is 12.6. The number of aromatic nitrogens is 4. The number of aliphatic hydroxyl groups excluding tert-OH is 2. The number of unbranched alkanes of at least 4 members (excludes halogenated alkanes) is 9. The van der Waals surface area contributed by atoms with Crippen LogP contribution in [0, 0.1) is 5.41 Å². The Bertz CT molecular complexity index is 2010. The molecule has 0 aliphatic carbocycles.